The van der Waals surface area contributed by atoms with Gasteiger partial charge in [-0.2, -0.15) is 0 Å². The number of carbonyl (C=O) groups excluding carboxylic acids is 1. The molecule has 0 bridgehead atoms. The summed E-state index contributed by atoms with van der Waals surface area (Å²) in [5.74, 6) is -0.0397. The molecule has 1 amide bonds. The number of non-ortho nitro benzene ring substituents is 1. The van der Waals surface area contributed by atoms with Gasteiger partial charge in [-0.15, -0.1) is 0 Å². The summed E-state index contributed by atoms with van der Waals surface area (Å²) in [6.45, 7) is 1.79. The van der Waals surface area contributed by atoms with E-state index >= 15 is 0 Å². The Kier molecular flexibility index (Phi) is 4.98. The van der Waals surface area contributed by atoms with Crippen LogP contribution in [-0.4, -0.2) is 17.0 Å². The first kappa shape index (κ1) is 15.4. The molecule has 2 aromatic carbocycles. The van der Waals surface area contributed by atoms with Crippen LogP contribution >= 0.6 is 0 Å². The maximum atomic E-state index is 11.3. The molecule has 22 heavy (non-hydrogen) atoms. The number of nitro benzene ring substituents is 1. The monoisotopic (exact) mass is 297 g/mol. The van der Waals surface area contributed by atoms with Crippen molar-refractivity contribution in [2.75, 3.05) is 5.32 Å². The first-order chi connectivity index (χ1) is 10.6. The molecule has 0 spiro atoms. The fourth-order valence-corrected chi connectivity index (χ4v) is 1.71. The third-order valence-electron chi connectivity index (χ3n) is 2.94. The van der Waals surface area contributed by atoms with Crippen molar-refractivity contribution in [1.82, 2.24) is 0 Å². The summed E-state index contributed by atoms with van der Waals surface area (Å²) in [5.41, 5.74) is 2.27. The predicted octanol–water partition coefficient (Wildman–Crippen LogP) is 3.69. The van der Waals surface area contributed by atoms with Crippen molar-refractivity contribution in [2.45, 2.75) is 13.3 Å². The fourth-order valence-electron chi connectivity index (χ4n) is 1.71. The van der Waals surface area contributed by atoms with E-state index in [0.29, 0.717) is 6.42 Å². The SMILES string of the molecule is CCC(=O)Nc1ccc(/N=C/c2ccc([N+](=O)[O-])cc2)cc1. The van der Waals surface area contributed by atoms with E-state index in [1.165, 1.54) is 12.1 Å². The summed E-state index contributed by atoms with van der Waals surface area (Å²) >= 11 is 0. The maximum Gasteiger partial charge on any atom is 0.269 e. The minimum Gasteiger partial charge on any atom is -0.326 e. The molecule has 112 valence electrons. The van der Waals surface area contributed by atoms with Gasteiger partial charge in [0.05, 0.1) is 10.6 Å². The van der Waals surface area contributed by atoms with Gasteiger partial charge in [0.1, 0.15) is 0 Å². The lowest BCUT2D eigenvalue weighted by Gasteiger charge is -2.03. The van der Waals surface area contributed by atoms with Gasteiger partial charge in [0.15, 0.2) is 0 Å². The number of anilines is 1. The molecular weight excluding hydrogens is 282 g/mol. The molecule has 0 saturated carbocycles. The molecule has 0 aliphatic heterocycles. The van der Waals surface area contributed by atoms with Gasteiger partial charge in [-0.1, -0.05) is 6.92 Å². The molecule has 2 rings (SSSR count). The van der Waals surface area contributed by atoms with Gasteiger partial charge in [0.25, 0.3) is 5.69 Å². The molecule has 0 heterocycles. The highest BCUT2D eigenvalue weighted by atomic mass is 16.6. The van der Waals surface area contributed by atoms with Gasteiger partial charge < -0.3 is 5.32 Å². The molecule has 0 aliphatic carbocycles. The molecule has 0 aromatic heterocycles. The van der Waals surface area contributed by atoms with Crippen LogP contribution in [0, 0.1) is 10.1 Å². The summed E-state index contributed by atoms with van der Waals surface area (Å²) in [6.07, 6.45) is 2.06. The summed E-state index contributed by atoms with van der Waals surface area (Å²) in [5, 5.41) is 13.3. The maximum absolute atomic E-state index is 11.3. The van der Waals surface area contributed by atoms with E-state index in [-0.39, 0.29) is 11.6 Å². The van der Waals surface area contributed by atoms with Gasteiger partial charge in [0, 0.05) is 30.5 Å². The third-order valence-corrected chi connectivity index (χ3v) is 2.94. The number of rotatable bonds is 5. The summed E-state index contributed by atoms with van der Waals surface area (Å²) in [7, 11) is 0. The molecule has 0 radical (unpaired) electrons. The van der Waals surface area contributed by atoms with Crippen molar-refractivity contribution in [3.63, 3.8) is 0 Å². The van der Waals surface area contributed by atoms with Crippen molar-refractivity contribution in [3.8, 4) is 0 Å². The number of nitrogens with one attached hydrogen (secondary N) is 1. The zero-order valence-electron chi connectivity index (χ0n) is 12.0. The molecular formula is C16H15N3O3. The zero-order chi connectivity index (χ0) is 15.9. The lowest BCUT2D eigenvalue weighted by atomic mass is 10.2. The first-order valence-corrected chi connectivity index (χ1v) is 6.77. The minimum absolute atomic E-state index is 0.0397. The van der Waals surface area contributed by atoms with Crippen LogP contribution in [-0.2, 0) is 4.79 Å². The van der Waals surface area contributed by atoms with E-state index in [1.807, 2.05) is 0 Å². The average Bonchev–Trinajstić information content (AvgIpc) is 2.54. The van der Waals surface area contributed by atoms with Crippen LogP contribution in [0.2, 0.25) is 0 Å². The van der Waals surface area contributed by atoms with Gasteiger partial charge in [-0.05, 0) is 42.0 Å². The highest BCUT2D eigenvalue weighted by Crippen LogP contribution is 2.17. The lowest BCUT2D eigenvalue weighted by Crippen LogP contribution is -2.08. The average molecular weight is 297 g/mol. The molecule has 0 atom stereocenters. The summed E-state index contributed by atoms with van der Waals surface area (Å²) in [4.78, 5) is 25.7. The molecule has 0 saturated heterocycles. The first-order valence-electron chi connectivity index (χ1n) is 6.77. The standard InChI is InChI=1S/C16H15N3O3/c1-2-16(20)18-14-7-5-13(6-8-14)17-11-12-3-9-15(10-4-12)19(21)22/h3-11H,2H2,1H3,(H,18,20)/b17-11+. The van der Waals surface area contributed by atoms with Crippen LogP contribution in [0.3, 0.4) is 0 Å². The Bertz CT molecular complexity index is 692. The molecule has 0 unspecified atom stereocenters. The van der Waals surface area contributed by atoms with Crippen molar-refractivity contribution in [2.24, 2.45) is 4.99 Å². The summed E-state index contributed by atoms with van der Waals surface area (Å²) in [6, 6.07) is 13.3. The third kappa shape index (κ3) is 4.24. The van der Waals surface area contributed by atoms with Crippen LogP contribution in [0.1, 0.15) is 18.9 Å². The van der Waals surface area contributed by atoms with E-state index in [2.05, 4.69) is 10.3 Å². The van der Waals surface area contributed by atoms with Gasteiger partial charge >= 0.3 is 0 Å². The van der Waals surface area contributed by atoms with Gasteiger partial charge in [0.2, 0.25) is 5.91 Å². The zero-order valence-corrected chi connectivity index (χ0v) is 12.0. The minimum atomic E-state index is -0.440. The van der Waals surface area contributed by atoms with Crippen LogP contribution in [0.15, 0.2) is 53.5 Å². The molecule has 6 nitrogen and oxygen atoms in total. The molecule has 0 aliphatic rings. The Morgan fingerprint density at radius 3 is 2.36 bits per heavy atom. The Morgan fingerprint density at radius 1 is 1.18 bits per heavy atom. The van der Waals surface area contributed by atoms with E-state index in [0.717, 1.165) is 16.9 Å². The highest BCUT2D eigenvalue weighted by Gasteiger charge is 2.02. The normalized spacial score (nSPS) is 10.6. The second-order valence-corrected chi connectivity index (χ2v) is 4.56. The molecule has 1 N–H and O–H groups in total. The van der Waals surface area contributed by atoms with Crippen molar-refractivity contribution in [1.29, 1.82) is 0 Å². The number of carbonyl (C=O) groups is 1. The lowest BCUT2D eigenvalue weighted by molar-refractivity contribution is -0.384. The Morgan fingerprint density at radius 2 is 1.82 bits per heavy atom. The Hall–Kier alpha value is -3.02. The number of nitro groups is 1. The molecule has 0 fully saturated rings. The number of benzene rings is 2. The fraction of sp³-hybridized carbons (Fsp3) is 0.125. The second kappa shape index (κ2) is 7.12. The largest absolute Gasteiger partial charge is 0.326 e. The number of hydrogen-bond donors (Lipinski definition) is 1. The summed E-state index contributed by atoms with van der Waals surface area (Å²) < 4.78 is 0. The second-order valence-electron chi connectivity index (χ2n) is 4.56. The Labute approximate surface area is 127 Å². The predicted molar refractivity (Wildman–Crippen MR) is 85.7 cm³/mol. The van der Waals surface area contributed by atoms with Crippen molar-refractivity contribution >= 4 is 29.2 Å². The van der Waals surface area contributed by atoms with E-state index in [1.54, 1.807) is 49.5 Å². The van der Waals surface area contributed by atoms with Gasteiger partial charge in [-0.25, -0.2) is 0 Å². The van der Waals surface area contributed by atoms with Crippen LogP contribution in [0.4, 0.5) is 17.1 Å². The van der Waals surface area contributed by atoms with Crippen molar-refractivity contribution in [3.05, 3.63) is 64.2 Å². The number of amides is 1. The molecule has 6 heteroatoms. The highest BCUT2D eigenvalue weighted by molar-refractivity contribution is 5.90. The van der Waals surface area contributed by atoms with E-state index < -0.39 is 4.92 Å². The Balaban J connectivity index is 2.03. The van der Waals surface area contributed by atoms with Crippen LogP contribution in [0.25, 0.3) is 0 Å². The van der Waals surface area contributed by atoms with Crippen LogP contribution < -0.4 is 5.32 Å². The van der Waals surface area contributed by atoms with E-state index in [4.69, 9.17) is 0 Å². The molecule has 2 aromatic rings. The van der Waals surface area contributed by atoms with Crippen molar-refractivity contribution < 1.29 is 9.72 Å². The van der Waals surface area contributed by atoms with Crippen LogP contribution in [0.5, 0.6) is 0 Å². The number of aliphatic imine (C=N–C) groups is 1. The van der Waals surface area contributed by atoms with E-state index in [9.17, 15) is 14.9 Å². The topological polar surface area (TPSA) is 84.6 Å². The number of nitrogens with zero attached hydrogens (tertiary/aromatic N) is 2. The van der Waals surface area contributed by atoms with Gasteiger partial charge in [-0.3, -0.25) is 19.9 Å². The number of hydrogen-bond acceptors (Lipinski definition) is 4. The quantitative estimate of drug-likeness (QED) is 0.519. The smallest absolute Gasteiger partial charge is 0.269 e.